The van der Waals surface area contributed by atoms with Crippen LogP contribution < -0.4 is 16.2 Å². The first-order valence-electron chi connectivity index (χ1n) is 8.84. The number of hydrogen-bond donors (Lipinski definition) is 2. The number of fused-ring (bicyclic) bond motifs is 1. The third-order valence-corrected chi connectivity index (χ3v) is 5.28. The molecule has 158 valence electrons. The molecule has 0 spiro atoms. The zero-order valence-corrected chi connectivity index (χ0v) is 16.5. The standard InChI is InChI=1S/C20H14F3N5O2S/c21-20(22,23)10-4-5-11(12(24)6-10)13-7-17(27-9-26-13)30-14-2-1-3-15-19(14)28-18(31-15)8-16(25)29/h1-7,9H,8,24H2,(H2,25,29). The molecule has 0 aliphatic rings. The highest BCUT2D eigenvalue weighted by molar-refractivity contribution is 7.18. The zero-order chi connectivity index (χ0) is 22.2. The number of thiazole rings is 1. The van der Waals surface area contributed by atoms with E-state index in [0.717, 1.165) is 16.8 Å². The number of para-hydroxylation sites is 1. The number of nitrogens with zero attached hydrogens (tertiary/aromatic N) is 3. The molecule has 1 amide bonds. The molecule has 0 aliphatic heterocycles. The molecule has 4 N–H and O–H groups in total. The lowest BCUT2D eigenvalue weighted by molar-refractivity contribution is -0.137. The molecule has 0 radical (unpaired) electrons. The summed E-state index contributed by atoms with van der Waals surface area (Å²) in [6.45, 7) is 0. The Hall–Kier alpha value is -3.73. The average Bonchev–Trinajstić information content (AvgIpc) is 3.10. The molecule has 2 aromatic heterocycles. The second kappa shape index (κ2) is 7.84. The average molecular weight is 445 g/mol. The van der Waals surface area contributed by atoms with Crippen molar-refractivity contribution in [2.24, 2.45) is 5.73 Å². The van der Waals surface area contributed by atoms with E-state index in [1.807, 2.05) is 6.07 Å². The van der Waals surface area contributed by atoms with Crippen molar-refractivity contribution >= 4 is 33.1 Å². The minimum absolute atomic E-state index is 0.0175. The molecule has 0 fully saturated rings. The molecule has 0 aliphatic carbocycles. The maximum absolute atomic E-state index is 12.9. The highest BCUT2D eigenvalue weighted by Gasteiger charge is 2.31. The van der Waals surface area contributed by atoms with Crippen molar-refractivity contribution < 1.29 is 22.7 Å². The van der Waals surface area contributed by atoms with Gasteiger partial charge in [0.25, 0.3) is 0 Å². The van der Waals surface area contributed by atoms with E-state index in [1.54, 1.807) is 12.1 Å². The predicted molar refractivity (Wildman–Crippen MR) is 109 cm³/mol. The molecule has 7 nitrogen and oxygen atoms in total. The molecule has 0 unspecified atom stereocenters. The van der Waals surface area contributed by atoms with Gasteiger partial charge < -0.3 is 16.2 Å². The Morgan fingerprint density at radius 1 is 1.13 bits per heavy atom. The van der Waals surface area contributed by atoms with Crippen LogP contribution in [0.5, 0.6) is 11.6 Å². The van der Waals surface area contributed by atoms with E-state index < -0.39 is 17.6 Å². The largest absolute Gasteiger partial charge is 0.437 e. The number of carbonyl (C=O) groups is 1. The third kappa shape index (κ3) is 4.40. The van der Waals surface area contributed by atoms with Crippen LogP contribution in [0.25, 0.3) is 21.5 Å². The summed E-state index contributed by atoms with van der Waals surface area (Å²) in [6, 6.07) is 9.79. The van der Waals surface area contributed by atoms with Crippen LogP contribution in [0.1, 0.15) is 10.6 Å². The van der Waals surface area contributed by atoms with Crippen LogP contribution in [0, 0.1) is 0 Å². The van der Waals surface area contributed by atoms with Gasteiger partial charge in [-0.15, -0.1) is 11.3 Å². The van der Waals surface area contributed by atoms with Gasteiger partial charge in [0.15, 0.2) is 5.75 Å². The van der Waals surface area contributed by atoms with Crippen molar-refractivity contribution in [3.05, 3.63) is 59.4 Å². The molecular formula is C20H14F3N5O2S. The number of carbonyl (C=O) groups excluding carboxylic acids is 1. The molecule has 4 aromatic rings. The first-order valence-corrected chi connectivity index (χ1v) is 9.66. The zero-order valence-electron chi connectivity index (χ0n) is 15.7. The van der Waals surface area contributed by atoms with Gasteiger partial charge in [-0.3, -0.25) is 4.79 Å². The van der Waals surface area contributed by atoms with E-state index in [0.29, 0.717) is 27.5 Å². The van der Waals surface area contributed by atoms with Gasteiger partial charge in [-0.25, -0.2) is 15.0 Å². The van der Waals surface area contributed by atoms with Crippen LogP contribution >= 0.6 is 11.3 Å². The smallest absolute Gasteiger partial charge is 0.416 e. The highest BCUT2D eigenvalue weighted by Crippen LogP contribution is 2.36. The fourth-order valence-corrected chi connectivity index (χ4v) is 3.90. The van der Waals surface area contributed by atoms with Crippen LogP contribution in [-0.4, -0.2) is 20.9 Å². The summed E-state index contributed by atoms with van der Waals surface area (Å²) >= 11 is 1.32. The molecule has 0 saturated carbocycles. The molecule has 2 aromatic carbocycles. The molecule has 0 bridgehead atoms. The van der Waals surface area contributed by atoms with Crippen LogP contribution in [-0.2, 0) is 17.4 Å². The van der Waals surface area contributed by atoms with Gasteiger partial charge in [0.05, 0.1) is 22.4 Å². The molecular weight excluding hydrogens is 431 g/mol. The fourth-order valence-electron chi connectivity index (χ4n) is 2.90. The quantitative estimate of drug-likeness (QED) is 0.445. The van der Waals surface area contributed by atoms with Crippen LogP contribution in [0.15, 0.2) is 48.8 Å². The topological polar surface area (TPSA) is 117 Å². The third-order valence-electron chi connectivity index (χ3n) is 4.26. The Bertz CT molecular complexity index is 1290. The summed E-state index contributed by atoms with van der Waals surface area (Å²) < 4.78 is 45.3. The van der Waals surface area contributed by atoms with Crippen LogP contribution in [0.3, 0.4) is 0 Å². The molecule has 11 heteroatoms. The Labute approximate surface area is 177 Å². The first kappa shape index (κ1) is 20.5. The van der Waals surface area contributed by atoms with Crippen molar-refractivity contribution in [1.82, 2.24) is 15.0 Å². The maximum atomic E-state index is 12.9. The number of amides is 1. The van der Waals surface area contributed by atoms with E-state index >= 15 is 0 Å². The van der Waals surface area contributed by atoms with Gasteiger partial charge in [-0.2, -0.15) is 13.2 Å². The van der Waals surface area contributed by atoms with Gasteiger partial charge in [0.1, 0.15) is 16.9 Å². The number of halogens is 3. The molecule has 0 saturated heterocycles. The molecule has 4 rings (SSSR count). The number of anilines is 1. The monoisotopic (exact) mass is 445 g/mol. The van der Waals surface area contributed by atoms with Crippen molar-refractivity contribution in [3.63, 3.8) is 0 Å². The SMILES string of the molecule is NC(=O)Cc1nc2c(Oc3cc(-c4ccc(C(F)(F)F)cc4N)ncn3)cccc2s1. The Morgan fingerprint density at radius 3 is 2.65 bits per heavy atom. The molecule has 0 atom stereocenters. The Morgan fingerprint density at radius 2 is 1.94 bits per heavy atom. The highest BCUT2D eigenvalue weighted by atomic mass is 32.1. The van der Waals surface area contributed by atoms with Gasteiger partial charge in [0.2, 0.25) is 11.8 Å². The summed E-state index contributed by atoms with van der Waals surface area (Å²) in [6.07, 6.45) is -3.25. The normalized spacial score (nSPS) is 11.6. The van der Waals surface area contributed by atoms with E-state index in [-0.39, 0.29) is 18.0 Å². The van der Waals surface area contributed by atoms with Crippen LogP contribution in [0.2, 0.25) is 0 Å². The second-order valence-electron chi connectivity index (χ2n) is 6.50. The Balaban J connectivity index is 1.66. The van der Waals surface area contributed by atoms with Gasteiger partial charge >= 0.3 is 6.18 Å². The number of benzene rings is 2. The lowest BCUT2D eigenvalue weighted by Crippen LogP contribution is -2.13. The summed E-state index contributed by atoms with van der Waals surface area (Å²) in [5.41, 5.74) is 11.3. The number of nitrogens with two attached hydrogens (primary N) is 2. The number of primary amides is 1. The van der Waals surface area contributed by atoms with Crippen LogP contribution in [0.4, 0.5) is 18.9 Å². The van der Waals surface area contributed by atoms with E-state index in [4.69, 9.17) is 16.2 Å². The van der Waals surface area contributed by atoms with Gasteiger partial charge in [0, 0.05) is 17.3 Å². The summed E-state index contributed by atoms with van der Waals surface area (Å²) in [4.78, 5) is 23.7. The minimum atomic E-state index is -4.49. The number of aromatic nitrogens is 3. The van der Waals surface area contributed by atoms with Crippen molar-refractivity contribution in [3.8, 4) is 22.9 Å². The lowest BCUT2D eigenvalue weighted by Gasteiger charge is -2.11. The van der Waals surface area contributed by atoms with E-state index in [2.05, 4.69) is 15.0 Å². The molecule has 2 heterocycles. The summed E-state index contributed by atoms with van der Waals surface area (Å²) in [5, 5.41) is 0.555. The lowest BCUT2D eigenvalue weighted by atomic mass is 10.1. The number of ether oxygens (including phenoxy) is 1. The molecule has 31 heavy (non-hydrogen) atoms. The Kier molecular flexibility index (Phi) is 5.19. The summed E-state index contributed by atoms with van der Waals surface area (Å²) in [7, 11) is 0. The maximum Gasteiger partial charge on any atom is 0.416 e. The first-order chi connectivity index (χ1) is 14.7. The fraction of sp³-hybridized carbons (Fsp3) is 0.100. The number of alkyl halides is 3. The number of hydrogen-bond acceptors (Lipinski definition) is 7. The second-order valence-corrected chi connectivity index (χ2v) is 7.61. The predicted octanol–water partition coefficient (Wildman–Crippen LogP) is 4.17. The van der Waals surface area contributed by atoms with Crippen molar-refractivity contribution in [2.45, 2.75) is 12.6 Å². The van der Waals surface area contributed by atoms with E-state index in [1.165, 1.54) is 29.8 Å². The number of nitrogen functional groups attached to an aromatic ring is 1. The van der Waals surface area contributed by atoms with Crippen molar-refractivity contribution in [2.75, 3.05) is 5.73 Å². The van der Waals surface area contributed by atoms with E-state index in [9.17, 15) is 18.0 Å². The van der Waals surface area contributed by atoms with Gasteiger partial charge in [-0.05, 0) is 24.3 Å². The minimum Gasteiger partial charge on any atom is -0.437 e. The summed E-state index contributed by atoms with van der Waals surface area (Å²) in [5.74, 6) is 0.0619. The number of rotatable bonds is 5. The van der Waals surface area contributed by atoms with Crippen molar-refractivity contribution in [1.29, 1.82) is 0 Å². The van der Waals surface area contributed by atoms with Gasteiger partial charge in [-0.1, -0.05) is 12.1 Å².